The van der Waals surface area contributed by atoms with Gasteiger partial charge in [-0.25, -0.2) is 4.79 Å². The predicted octanol–water partition coefficient (Wildman–Crippen LogP) is 0.912. The van der Waals surface area contributed by atoms with Crippen LogP contribution in [0.4, 0.5) is 0 Å². The van der Waals surface area contributed by atoms with Crippen molar-refractivity contribution in [2.75, 3.05) is 7.11 Å². The van der Waals surface area contributed by atoms with E-state index < -0.39 is 12.1 Å². The van der Waals surface area contributed by atoms with E-state index in [2.05, 4.69) is 9.72 Å². The fraction of sp³-hybridized carbons (Fsp3) is 0.500. The number of methoxy groups -OCH3 is 1. The quantitative estimate of drug-likeness (QED) is 0.772. The lowest BCUT2D eigenvalue weighted by Gasteiger charge is -2.12. The summed E-state index contributed by atoms with van der Waals surface area (Å²) in [5.74, 6) is 0.126. The molecule has 2 unspecified atom stereocenters. The normalized spacial score (nSPS) is 13.9. The molecular weight excluding hydrogens is 220 g/mol. The van der Waals surface area contributed by atoms with Gasteiger partial charge in [0.05, 0.1) is 13.3 Å². The SMILES string of the molecule is COC(=O)C(C)Oc1ccc(CC(C)N)nc1. The highest BCUT2D eigenvalue weighted by molar-refractivity contribution is 5.74. The van der Waals surface area contributed by atoms with Crippen molar-refractivity contribution in [2.24, 2.45) is 5.73 Å². The van der Waals surface area contributed by atoms with Crippen LogP contribution in [0.15, 0.2) is 18.3 Å². The molecule has 5 nitrogen and oxygen atoms in total. The summed E-state index contributed by atoms with van der Waals surface area (Å²) in [6.45, 7) is 3.55. The van der Waals surface area contributed by atoms with E-state index in [0.717, 1.165) is 5.69 Å². The highest BCUT2D eigenvalue weighted by Crippen LogP contribution is 2.12. The van der Waals surface area contributed by atoms with Crippen LogP contribution >= 0.6 is 0 Å². The molecule has 1 rings (SSSR count). The van der Waals surface area contributed by atoms with E-state index in [4.69, 9.17) is 10.5 Å². The number of ether oxygens (including phenoxy) is 2. The van der Waals surface area contributed by atoms with Crippen LogP contribution in [0.2, 0.25) is 0 Å². The Morgan fingerprint density at radius 3 is 2.65 bits per heavy atom. The number of carbonyl (C=O) groups is 1. The molecule has 0 spiro atoms. The molecule has 0 aromatic carbocycles. The van der Waals surface area contributed by atoms with Crippen molar-refractivity contribution in [1.82, 2.24) is 4.98 Å². The highest BCUT2D eigenvalue weighted by atomic mass is 16.6. The van der Waals surface area contributed by atoms with Crippen LogP contribution in [0.1, 0.15) is 19.5 Å². The van der Waals surface area contributed by atoms with Crippen LogP contribution in [-0.4, -0.2) is 30.2 Å². The Kier molecular flexibility index (Phi) is 4.90. The Bertz CT molecular complexity index is 363. The summed E-state index contributed by atoms with van der Waals surface area (Å²) in [7, 11) is 1.33. The van der Waals surface area contributed by atoms with E-state index in [0.29, 0.717) is 12.2 Å². The lowest BCUT2D eigenvalue weighted by Crippen LogP contribution is -2.25. The fourth-order valence-electron chi connectivity index (χ4n) is 1.35. The molecular formula is C12H18N2O3. The Hall–Kier alpha value is -1.62. The summed E-state index contributed by atoms with van der Waals surface area (Å²) in [5, 5.41) is 0. The molecule has 1 heterocycles. The number of aromatic nitrogens is 1. The highest BCUT2D eigenvalue weighted by Gasteiger charge is 2.14. The van der Waals surface area contributed by atoms with Crippen LogP contribution < -0.4 is 10.5 Å². The number of nitrogens with two attached hydrogens (primary N) is 1. The van der Waals surface area contributed by atoms with Crippen molar-refractivity contribution in [3.8, 4) is 5.75 Å². The van der Waals surface area contributed by atoms with Crippen molar-refractivity contribution < 1.29 is 14.3 Å². The first-order valence-electron chi connectivity index (χ1n) is 5.48. The van der Waals surface area contributed by atoms with Gasteiger partial charge in [0.25, 0.3) is 0 Å². The number of rotatable bonds is 5. The van der Waals surface area contributed by atoms with Crippen molar-refractivity contribution >= 4 is 5.97 Å². The standard InChI is InChI=1S/C12H18N2O3/c1-8(13)6-10-4-5-11(7-14-10)17-9(2)12(15)16-3/h4-5,7-9H,6,13H2,1-3H3. The Labute approximate surface area is 101 Å². The van der Waals surface area contributed by atoms with Gasteiger partial charge in [-0.05, 0) is 26.0 Å². The number of carbonyl (C=O) groups excluding carboxylic acids is 1. The third kappa shape index (κ3) is 4.40. The second-order valence-electron chi connectivity index (χ2n) is 3.95. The van der Waals surface area contributed by atoms with Gasteiger partial charge in [-0.1, -0.05) is 0 Å². The van der Waals surface area contributed by atoms with Gasteiger partial charge < -0.3 is 15.2 Å². The third-order valence-corrected chi connectivity index (χ3v) is 2.17. The first-order chi connectivity index (χ1) is 8.02. The zero-order chi connectivity index (χ0) is 12.8. The molecule has 0 amide bonds. The molecule has 2 N–H and O–H groups in total. The maximum atomic E-state index is 11.1. The first-order valence-corrected chi connectivity index (χ1v) is 5.48. The largest absolute Gasteiger partial charge is 0.477 e. The van der Waals surface area contributed by atoms with Crippen molar-refractivity contribution in [1.29, 1.82) is 0 Å². The summed E-state index contributed by atoms with van der Waals surface area (Å²) in [4.78, 5) is 15.3. The average molecular weight is 238 g/mol. The van der Waals surface area contributed by atoms with E-state index in [9.17, 15) is 4.79 Å². The molecule has 0 saturated heterocycles. The Morgan fingerprint density at radius 2 is 2.18 bits per heavy atom. The minimum atomic E-state index is -0.638. The Morgan fingerprint density at radius 1 is 1.47 bits per heavy atom. The number of hydrogen-bond acceptors (Lipinski definition) is 5. The van der Waals surface area contributed by atoms with Gasteiger partial charge in [-0.2, -0.15) is 0 Å². The van der Waals surface area contributed by atoms with Gasteiger partial charge in [-0.3, -0.25) is 4.98 Å². The van der Waals surface area contributed by atoms with E-state index in [1.54, 1.807) is 19.2 Å². The molecule has 0 aliphatic rings. The van der Waals surface area contributed by atoms with Crippen molar-refractivity contribution in [2.45, 2.75) is 32.4 Å². The molecule has 0 aliphatic carbocycles. The van der Waals surface area contributed by atoms with Gasteiger partial charge in [0.15, 0.2) is 6.10 Å². The van der Waals surface area contributed by atoms with E-state index >= 15 is 0 Å². The Balaban J connectivity index is 2.59. The van der Waals surface area contributed by atoms with Crippen molar-refractivity contribution in [3.63, 3.8) is 0 Å². The van der Waals surface area contributed by atoms with E-state index in [-0.39, 0.29) is 6.04 Å². The minimum absolute atomic E-state index is 0.0725. The van der Waals surface area contributed by atoms with Crippen molar-refractivity contribution in [3.05, 3.63) is 24.0 Å². The topological polar surface area (TPSA) is 74.4 Å². The smallest absolute Gasteiger partial charge is 0.346 e. The summed E-state index contributed by atoms with van der Waals surface area (Å²) in [6.07, 6.45) is 1.66. The second-order valence-corrected chi connectivity index (χ2v) is 3.95. The summed E-state index contributed by atoms with van der Waals surface area (Å²) in [5.41, 5.74) is 6.57. The van der Waals surface area contributed by atoms with Crippen LogP contribution in [0.25, 0.3) is 0 Å². The average Bonchev–Trinajstić information content (AvgIpc) is 2.30. The lowest BCUT2D eigenvalue weighted by molar-refractivity contribution is -0.147. The summed E-state index contributed by atoms with van der Waals surface area (Å²) in [6, 6.07) is 3.68. The number of pyridine rings is 1. The number of nitrogens with zero attached hydrogens (tertiary/aromatic N) is 1. The molecule has 0 radical (unpaired) electrons. The zero-order valence-corrected chi connectivity index (χ0v) is 10.3. The van der Waals surface area contributed by atoms with Gasteiger partial charge >= 0.3 is 5.97 Å². The van der Waals surface area contributed by atoms with Crippen LogP contribution in [0, 0.1) is 0 Å². The maximum Gasteiger partial charge on any atom is 0.346 e. The molecule has 17 heavy (non-hydrogen) atoms. The van der Waals surface area contributed by atoms with Crippen LogP contribution in [-0.2, 0) is 16.0 Å². The van der Waals surface area contributed by atoms with Gasteiger partial charge in [0.2, 0.25) is 0 Å². The number of hydrogen-bond donors (Lipinski definition) is 1. The molecule has 2 atom stereocenters. The molecule has 0 bridgehead atoms. The predicted molar refractivity (Wildman–Crippen MR) is 63.7 cm³/mol. The molecule has 0 aliphatic heterocycles. The zero-order valence-electron chi connectivity index (χ0n) is 10.3. The second kappa shape index (κ2) is 6.20. The van der Waals surface area contributed by atoms with E-state index in [1.165, 1.54) is 7.11 Å². The van der Waals surface area contributed by atoms with Crippen LogP contribution in [0.5, 0.6) is 5.75 Å². The van der Waals surface area contributed by atoms with Crippen LogP contribution in [0.3, 0.4) is 0 Å². The maximum absolute atomic E-state index is 11.1. The molecule has 0 saturated carbocycles. The first kappa shape index (κ1) is 13.4. The monoisotopic (exact) mass is 238 g/mol. The molecule has 94 valence electrons. The minimum Gasteiger partial charge on any atom is -0.477 e. The summed E-state index contributed by atoms with van der Waals surface area (Å²) >= 11 is 0. The fourth-order valence-corrected chi connectivity index (χ4v) is 1.35. The van der Waals surface area contributed by atoms with Gasteiger partial charge in [0.1, 0.15) is 5.75 Å². The third-order valence-electron chi connectivity index (χ3n) is 2.17. The molecule has 1 aromatic rings. The molecule has 1 aromatic heterocycles. The lowest BCUT2D eigenvalue weighted by atomic mass is 10.2. The molecule has 5 heteroatoms. The van der Waals surface area contributed by atoms with Gasteiger partial charge in [0, 0.05) is 18.2 Å². The van der Waals surface area contributed by atoms with Gasteiger partial charge in [-0.15, -0.1) is 0 Å². The number of esters is 1. The summed E-state index contributed by atoms with van der Waals surface area (Å²) < 4.78 is 9.92. The van der Waals surface area contributed by atoms with E-state index in [1.807, 2.05) is 13.0 Å². The molecule has 0 fully saturated rings.